The summed E-state index contributed by atoms with van der Waals surface area (Å²) in [6, 6.07) is 32.8. The predicted molar refractivity (Wildman–Crippen MR) is 165 cm³/mol. The number of benzene rings is 3. The van der Waals surface area contributed by atoms with Gasteiger partial charge in [0.1, 0.15) is 0 Å². The maximum atomic E-state index is 7.38. The SMILES string of the molecule is CCc1nc(C)c(C=CC2(c3ccccc3)CC2C(O[SiH](c2ccccc2)c2ccccc2)C(C)(C)C)s1. The number of thiazole rings is 1. The lowest BCUT2D eigenvalue weighted by Crippen LogP contribution is -2.50. The van der Waals surface area contributed by atoms with Crippen LogP contribution in [0.25, 0.3) is 6.08 Å². The molecule has 1 aromatic heterocycles. The first-order valence-corrected chi connectivity index (χ1v) is 16.2. The molecule has 4 heteroatoms. The molecule has 2 nitrogen and oxygen atoms in total. The summed E-state index contributed by atoms with van der Waals surface area (Å²) in [5, 5.41) is 3.88. The van der Waals surface area contributed by atoms with Crippen LogP contribution in [0.1, 0.15) is 55.3 Å². The third-order valence-electron chi connectivity index (χ3n) is 7.79. The van der Waals surface area contributed by atoms with E-state index in [2.05, 4.69) is 138 Å². The summed E-state index contributed by atoms with van der Waals surface area (Å²) in [7, 11) is -1.90. The first kappa shape index (κ1) is 26.8. The number of hydrogen-bond donors (Lipinski definition) is 0. The molecule has 0 bridgehead atoms. The van der Waals surface area contributed by atoms with Crippen molar-refractivity contribution in [2.75, 3.05) is 0 Å². The summed E-state index contributed by atoms with van der Waals surface area (Å²) in [5.74, 6) is 0.405. The smallest absolute Gasteiger partial charge is 0.240 e. The number of aryl methyl sites for hydroxylation is 2. The molecule has 0 N–H and O–H groups in total. The first-order chi connectivity index (χ1) is 18.3. The van der Waals surface area contributed by atoms with E-state index in [1.54, 1.807) is 0 Å². The Hall–Kier alpha value is -2.79. The molecule has 3 aromatic carbocycles. The zero-order chi connectivity index (χ0) is 26.8. The molecule has 4 aromatic rings. The van der Waals surface area contributed by atoms with E-state index in [1.165, 1.54) is 25.8 Å². The quantitative estimate of drug-likeness (QED) is 0.215. The van der Waals surface area contributed by atoms with E-state index in [0.29, 0.717) is 5.92 Å². The molecular weight excluding hydrogens is 499 g/mol. The molecule has 0 amide bonds. The van der Waals surface area contributed by atoms with Crippen LogP contribution in [-0.4, -0.2) is 20.1 Å². The highest BCUT2D eigenvalue weighted by atomic mass is 32.1. The van der Waals surface area contributed by atoms with Gasteiger partial charge >= 0.3 is 0 Å². The second kappa shape index (κ2) is 11.1. The van der Waals surface area contributed by atoms with Crippen LogP contribution in [0.2, 0.25) is 0 Å². The minimum Gasteiger partial charge on any atom is -0.407 e. The van der Waals surface area contributed by atoms with Crippen LogP contribution in [0.4, 0.5) is 0 Å². The number of rotatable bonds is 9. The molecule has 0 spiro atoms. The van der Waals surface area contributed by atoms with Crippen molar-refractivity contribution in [1.82, 2.24) is 4.98 Å². The molecule has 0 radical (unpaired) electrons. The van der Waals surface area contributed by atoms with Crippen molar-refractivity contribution in [2.24, 2.45) is 11.3 Å². The van der Waals surface area contributed by atoms with Crippen LogP contribution < -0.4 is 10.4 Å². The Morgan fingerprint density at radius 2 is 1.50 bits per heavy atom. The molecule has 1 heterocycles. The highest BCUT2D eigenvalue weighted by molar-refractivity contribution is 7.12. The van der Waals surface area contributed by atoms with Crippen LogP contribution >= 0.6 is 11.3 Å². The van der Waals surface area contributed by atoms with Crippen molar-refractivity contribution in [3.8, 4) is 0 Å². The lowest BCUT2D eigenvalue weighted by atomic mass is 9.81. The first-order valence-electron chi connectivity index (χ1n) is 13.8. The van der Waals surface area contributed by atoms with Crippen molar-refractivity contribution in [2.45, 2.75) is 59.0 Å². The lowest BCUT2D eigenvalue weighted by Gasteiger charge is -2.36. The molecule has 1 aliphatic rings. The van der Waals surface area contributed by atoms with Gasteiger partial charge in [-0.1, -0.05) is 125 Å². The number of aromatic nitrogens is 1. The molecule has 1 fully saturated rings. The Labute approximate surface area is 234 Å². The summed E-state index contributed by atoms with van der Waals surface area (Å²) in [4.78, 5) is 6.05. The Balaban J connectivity index is 1.53. The second-order valence-electron chi connectivity index (χ2n) is 11.6. The van der Waals surface area contributed by atoms with Gasteiger partial charge in [-0.3, -0.25) is 0 Å². The minimum absolute atomic E-state index is 0.000365. The topological polar surface area (TPSA) is 22.1 Å². The lowest BCUT2D eigenvalue weighted by molar-refractivity contribution is 0.0644. The summed E-state index contributed by atoms with van der Waals surface area (Å²) in [5.41, 5.74) is 2.48. The number of nitrogens with zero attached hydrogens (tertiary/aromatic N) is 1. The van der Waals surface area contributed by atoms with Crippen LogP contribution in [0.15, 0.2) is 97.1 Å². The summed E-state index contributed by atoms with van der Waals surface area (Å²) in [6.45, 7) is 11.3. The van der Waals surface area contributed by atoms with Gasteiger partial charge in [0.2, 0.25) is 9.04 Å². The van der Waals surface area contributed by atoms with Gasteiger partial charge in [0, 0.05) is 10.3 Å². The van der Waals surface area contributed by atoms with Gasteiger partial charge in [-0.15, -0.1) is 11.3 Å². The number of allylic oxidation sites excluding steroid dienone is 1. The zero-order valence-corrected chi connectivity index (χ0v) is 25.2. The molecule has 0 saturated heterocycles. The van der Waals surface area contributed by atoms with E-state index in [9.17, 15) is 0 Å². The standard InChI is InChI=1S/C34H39NOSSi/c1-6-31-35-25(2)30(37-31)22-23-34(26-16-10-7-11-17-26)24-29(34)32(33(3,4)5)36-38(27-18-12-8-13-19-27)28-20-14-9-15-21-28/h7-23,29,32,38H,6,24H2,1-5H3. The fraction of sp³-hybridized carbons (Fsp3) is 0.324. The largest absolute Gasteiger partial charge is 0.407 e. The molecular formula is C34H39NOSSi. The van der Waals surface area contributed by atoms with Gasteiger partial charge in [-0.25, -0.2) is 4.98 Å². The Morgan fingerprint density at radius 3 is 2.00 bits per heavy atom. The Morgan fingerprint density at radius 1 is 0.947 bits per heavy atom. The van der Waals surface area contributed by atoms with E-state index in [-0.39, 0.29) is 16.9 Å². The molecule has 3 atom stereocenters. The van der Waals surface area contributed by atoms with Crippen molar-refractivity contribution >= 4 is 36.8 Å². The highest BCUT2D eigenvalue weighted by Crippen LogP contribution is 2.60. The molecule has 1 saturated carbocycles. The van der Waals surface area contributed by atoms with Crippen LogP contribution in [0, 0.1) is 18.3 Å². The molecule has 38 heavy (non-hydrogen) atoms. The fourth-order valence-electron chi connectivity index (χ4n) is 5.70. The van der Waals surface area contributed by atoms with Crippen LogP contribution in [0.5, 0.6) is 0 Å². The third kappa shape index (κ3) is 5.63. The van der Waals surface area contributed by atoms with Crippen molar-refractivity contribution in [1.29, 1.82) is 0 Å². The minimum atomic E-state index is -1.90. The average Bonchev–Trinajstić information content (AvgIpc) is 3.54. The molecule has 196 valence electrons. The van der Waals surface area contributed by atoms with Gasteiger partial charge in [0.25, 0.3) is 0 Å². The predicted octanol–water partition coefficient (Wildman–Crippen LogP) is 6.95. The van der Waals surface area contributed by atoms with Gasteiger partial charge < -0.3 is 4.43 Å². The molecule has 1 aliphatic carbocycles. The van der Waals surface area contributed by atoms with Crippen molar-refractivity contribution in [3.05, 3.63) is 118 Å². The normalized spacial score (nSPS) is 20.2. The maximum Gasteiger partial charge on any atom is 0.240 e. The summed E-state index contributed by atoms with van der Waals surface area (Å²) < 4.78 is 7.38. The molecule has 0 aliphatic heterocycles. The monoisotopic (exact) mass is 537 g/mol. The highest BCUT2D eigenvalue weighted by Gasteiger charge is 2.59. The van der Waals surface area contributed by atoms with E-state index in [0.717, 1.165) is 18.5 Å². The fourth-order valence-corrected chi connectivity index (χ4v) is 9.34. The van der Waals surface area contributed by atoms with E-state index in [4.69, 9.17) is 9.41 Å². The van der Waals surface area contributed by atoms with Gasteiger partial charge in [0.15, 0.2) is 0 Å². The molecule has 3 unspecified atom stereocenters. The van der Waals surface area contributed by atoms with Gasteiger partial charge in [-0.05, 0) is 53.1 Å². The summed E-state index contributed by atoms with van der Waals surface area (Å²) >= 11 is 1.82. The van der Waals surface area contributed by atoms with Crippen molar-refractivity contribution < 1.29 is 4.43 Å². The van der Waals surface area contributed by atoms with E-state index in [1.807, 2.05) is 11.3 Å². The summed E-state index contributed by atoms with van der Waals surface area (Å²) in [6.07, 6.45) is 7.01. The second-order valence-corrected chi connectivity index (χ2v) is 15.1. The van der Waals surface area contributed by atoms with Crippen LogP contribution in [0.3, 0.4) is 0 Å². The third-order valence-corrected chi connectivity index (χ3v) is 11.6. The van der Waals surface area contributed by atoms with Gasteiger partial charge in [-0.2, -0.15) is 0 Å². The Bertz CT molecular complexity index is 1320. The Kier molecular flexibility index (Phi) is 7.85. The van der Waals surface area contributed by atoms with Gasteiger partial charge in [0.05, 0.1) is 16.8 Å². The average molecular weight is 538 g/mol. The van der Waals surface area contributed by atoms with Crippen molar-refractivity contribution in [3.63, 3.8) is 0 Å². The number of hydrogen-bond acceptors (Lipinski definition) is 3. The zero-order valence-electron chi connectivity index (χ0n) is 23.2. The van der Waals surface area contributed by atoms with E-state index < -0.39 is 9.04 Å². The molecule has 5 rings (SSSR count). The van der Waals surface area contributed by atoms with Crippen LogP contribution in [-0.2, 0) is 16.3 Å². The van der Waals surface area contributed by atoms with E-state index >= 15 is 0 Å². The maximum absolute atomic E-state index is 7.38.